The van der Waals surface area contributed by atoms with Crippen molar-refractivity contribution in [1.82, 2.24) is 34.1 Å². The minimum atomic E-state index is 0.539. The van der Waals surface area contributed by atoms with E-state index in [2.05, 4.69) is 143 Å². The first-order chi connectivity index (χ1) is 30.7. The molecule has 0 amide bonds. The Balaban J connectivity index is 1.08. The number of rotatable bonds is 7. The molecular formula is C55H35N7. The van der Waals surface area contributed by atoms with E-state index in [-0.39, 0.29) is 0 Å². The Morgan fingerprint density at radius 1 is 0.274 bits per heavy atom. The van der Waals surface area contributed by atoms with Gasteiger partial charge in [0.15, 0.2) is 17.5 Å². The van der Waals surface area contributed by atoms with Gasteiger partial charge in [0.2, 0.25) is 5.95 Å². The van der Waals surface area contributed by atoms with Crippen molar-refractivity contribution in [3.63, 3.8) is 0 Å². The smallest absolute Gasteiger partial charge is 0.238 e. The third kappa shape index (κ3) is 5.94. The molecule has 0 N–H and O–H groups in total. The molecule has 0 aliphatic heterocycles. The summed E-state index contributed by atoms with van der Waals surface area (Å²) in [5.41, 5.74) is 11.8. The maximum atomic E-state index is 5.35. The molecule has 8 aromatic carbocycles. The first kappa shape index (κ1) is 35.4. The Kier molecular flexibility index (Phi) is 8.35. The molecule has 0 saturated carbocycles. The van der Waals surface area contributed by atoms with E-state index in [1.807, 2.05) is 78.9 Å². The number of hydrogen-bond acceptors (Lipinski definition) is 5. The molecule has 0 bridgehead atoms. The number of hydrogen-bond donors (Lipinski definition) is 0. The average Bonchev–Trinajstić information content (AvgIpc) is 3.88. The van der Waals surface area contributed by atoms with Gasteiger partial charge in [-0.05, 0) is 30.3 Å². The number of benzene rings is 8. The lowest BCUT2D eigenvalue weighted by Crippen LogP contribution is -2.07. The largest absolute Gasteiger partial charge is 0.307 e. The quantitative estimate of drug-likeness (QED) is 0.161. The second kappa shape index (κ2) is 14.6. The Bertz CT molecular complexity index is 3540. The Hall–Kier alpha value is -8.55. The average molecular weight is 794 g/mol. The van der Waals surface area contributed by atoms with E-state index in [1.165, 1.54) is 5.39 Å². The number of nitrogens with zero attached hydrogens (tertiary/aromatic N) is 7. The van der Waals surface area contributed by atoms with E-state index in [1.54, 1.807) is 0 Å². The zero-order chi connectivity index (χ0) is 41.0. The number of fused-ring (bicyclic) bond motifs is 7. The van der Waals surface area contributed by atoms with Gasteiger partial charge in [-0.3, -0.25) is 4.57 Å². The predicted molar refractivity (Wildman–Crippen MR) is 251 cm³/mol. The van der Waals surface area contributed by atoms with E-state index >= 15 is 0 Å². The molecule has 0 unspecified atom stereocenters. The van der Waals surface area contributed by atoms with Crippen molar-refractivity contribution < 1.29 is 0 Å². The number of para-hydroxylation sites is 3. The summed E-state index contributed by atoms with van der Waals surface area (Å²) in [6.45, 7) is 0. The van der Waals surface area contributed by atoms with E-state index in [4.69, 9.17) is 24.9 Å². The van der Waals surface area contributed by atoms with Crippen molar-refractivity contribution in [2.75, 3.05) is 0 Å². The fourth-order valence-electron chi connectivity index (χ4n) is 8.72. The standard InChI is InChI=1S/C55H35N7/c1-5-17-36(18-6-1)46-35-47(57-52(56-46)38-19-7-2-8-20-38)37-29-31-40(32-30-37)54-58-53(39-21-9-3-10-22-39)59-55(60-54)62-49-28-16-14-26-43(49)45-34-33-44-42-25-13-15-27-48(42)61(50(44)51(45)62)41-23-11-4-12-24-41/h1-35H. The minimum absolute atomic E-state index is 0.539. The minimum Gasteiger partial charge on any atom is -0.307 e. The SMILES string of the molecule is c1ccc(-c2cc(-c3ccc(-c4nc(-c5ccccc5)nc(-n5c6ccccc6c6ccc7c8ccccc8n(-c8ccccc8)c7c65)n4)cc3)nc(-c3ccccc3)n2)cc1. The second-order valence-electron chi connectivity index (χ2n) is 15.3. The summed E-state index contributed by atoms with van der Waals surface area (Å²) in [7, 11) is 0. The van der Waals surface area contributed by atoms with Crippen LogP contribution < -0.4 is 0 Å². The molecular weight excluding hydrogens is 759 g/mol. The third-order valence-electron chi connectivity index (χ3n) is 11.6. The molecule has 290 valence electrons. The molecule has 0 atom stereocenters. The highest BCUT2D eigenvalue weighted by Gasteiger charge is 2.23. The van der Waals surface area contributed by atoms with Crippen LogP contribution in [0.25, 0.3) is 112 Å². The lowest BCUT2D eigenvalue weighted by Gasteiger charge is -2.13. The molecule has 0 saturated heterocycles. The van der Waals surface area contributed by atoms with Gasteiger partial charge in [-0.15, -0.1) is 0 Å². The van der Waals surface area contributed by atoms with Crippen LogP contribution in [0.1, 0.15) is 0 Å². The molecule has 0 aliphatic rings. The molecule has 62 heavy (non-hydrogen) atoms. The van der Waals surface area contributed by atoms with E-state index in [0.29, 0.717) is 23.4 Å². The predicted octanol–water partition coefficient (Wildman–Crippen LogP) is 13.2. The molecule has 12 rings (SSSR count). The van der Waals surface area contributed by atoms with E-state index in [9.17, 15) is 0 Å². The van der Waals surface area contributed by atoms with Crippen LogP contribution in [0.5, 0.6) is 0 Å². The van der Waals surface area contributed by atoms with Gasteiger partial charge in [0, 0.05) is 55.0 Å². The highest BCUT2D eigenvalue weighted by Crippen LogP contribution is 2.41. The Labute approximate surface area is 356 Å². The third-order valence-corrected chi connectivity index (χ3v) is 11.6. The maximum Gasteiger partial charge on any atom is 0.238 e. The van der Waals surface area contributed by atoms with Gasteiger partial charge in [-0.1, -0.05) is 182 Å². The molecule has 4 aromatic heterocycles. The first-order valence-corrected chi connectivity index (χ1v) is 20.7. The Morgan fingerprint density at radius 2 is 0.661 bits per heavy atom. The summed E-state index contributed by atoms with van der Waals surface area (Å²) in [5.74, 6) is 2.37. The van der Waals surface area contributed by atoms with Gasteiger partial charge < -0.3 is 4.57 Å². The van der Waals surface area contributed by atoms with Gasteiger partial charge in [-0.25, -0.2) is 15.0 Å². The van der Waals surface area contributed by atoms with Crippen molar-refractivity contribution >= 4 is 43.6 Å². The first-order valence-electron chi connectivity index (χ1n) is 20.7. The highest BCUT2D eigenvalue weighted by molar-refractivity contribution is 6.23. The molecule has 0 fully saturated rings. The van der Waals surface area contributed by atoms with Crippen molar-refractivity contribution in [2.24, 2.45) is 0 Å². The lowest BCUT2D eigenvalue weighted by atomic mass is 10.0. The van der Waals surface area contributed by atoms with Crippen LogP contribution in [0.2, 0.25) is 0 Å². The molecule has 4 heterocycles. The van der Waals surface area contributed by atoms with Gasteiger partial charge >= 0.3 is 0 Å². The fraction of sp³-hybridized carbons (Fsp3) is 0. The van der Waals surface area contributed by atoms with Gasteiger partial charge in [-0.2, -0.15) is 9.97 Å². The van der Waals surface area contributed by atoms with Crippen molar-refractivity contribution in [1.29, 1.82) is 0 Å². The zero-order valence-electron chi connectivity index (χ0n) is 33.3. The van der Waals surface area contributed by atoms with Crippen molar-refractivity contribution in [2.45, 2.75) is 0 Å². The zero-order valence-corrected chi connectivity index (χ0v) is 33.3. The molecule has 7 heteroatoms. The van der Waals surface area contributed by atoms with E-state index < -0.39 is 0 Å². The number of aromatic nitrogens is 7. The highest BCUT2D eigenvalue weighted by atomic mass is 15.2. The van der Waals surface area contributed by atoms with Crippen LogP contribution in [-0.4, -0.2) is 34.1 Å². The van der Waals surface area contributed by atoms with Gasteiger partial charge in [0.1, 0.15) is 0 Å². The topological polar surface area (TPSA) is 74.3 Å². The summed E-state index contributed by atoms with van der Waals surface area (Å²) < 4.78 is 4.61. The molecule has 12 aromatic rings. The van der Waals surface area contributed by atoms with Crippen molar-refractivity contribution in [3.8, 4) is 68.3 Å². The van der Waals surface area contributed by atoms with Gasteiger partial charge in [0.05, 0.1) is 33.5 Å². The lowest BCUT2D eigenvalue weighted by molar-refractivity contribution is 0.953. The monoisotopic (exact) mass is 793 g/mol. The van der Waals surface area contributed by atoms with Crippen LogP contribution in [0.15, 0.2) is 212 Å². The molecule has 0 aliphatic carbocycles. The summed E-state index contributed by atoms with van der Waals surface area (Å²) in [6.07, 6.45) is 0. The normalized spacial score (nSPS) is 11.5. The van der Waals surface area contributed by atoms with Crippen LogP contribution in [0.4, 0.5) is 0 Å². The molecule has 0 radical (unpaired) electrons. The Morgan fingerprint density at radius 3 is 1.21 bits per heavy atom. The van der Waals surface area contributed by atoms with Crippen LogP contribution in [0.3, 0.4) is 0 Å². The molecule has 0 spiro atoms. The van der Waals surface area contributed by atoms with Crippen LogP contribution >= 0.6 is 0 Å². The summed E-state index contributed by atoms with van der Waals surface area (Å²) in [6, 6.07) is 73.2. The van der Waals surface area contributed by atoms with E-state index in [0.717, 1.165) is 83.1 Å². The van der Waals surface area contributed by atoms with Crippen LogP contribution in [0, 0.1) is 0 Å². The van der Waals surface area contributed by atoms with Crippen molar-refractivity contribution in [3.05, 3.63) is 212 Å². The fourth-order valence-corrected chi connectivity index (χ4v) is 8.72. The molecule has 7 nitrogen and oxygen atoms in total. The van der Waals surface area contributed by atoms with Crippen LogP contribution in [-0.2, 0) is 0 Å². The summed E-state index contributed by atoms with van der Waals surface area (Å²) >= 11 is 0. The maximum absolute atomic E-state index is 5.35. The second-order valence-corrected chi connectivity index (χ2v) is 15.3. The summed E-state index contributed by atoms with van der Waals surface area (Å²) in [4.78, 5) is 25.9. The van der Waals surface area contributed by atoms with Gasteiger partial charge in [0.25, 0.3) is 0 Å². The summed E-state index contributed by atoms with van der Waals surface area (Å²) in [5, 5.41) is 4.58.